The number of rotatable bonds is 7. The molecular weight excluding hydrogens is 504 g/mol. The van der Waals surface area contributed by atoms with E-state index in [-0.39, 0.29) is 43.8 Å². The number of carbonyl (C=O) groups excluding carboxylic acids is 2. The van der Waals surface area contributed by atoms with Crippen molar-refractivity contribution in [3.05, 3.63) is 32.5 Å². The zero-order valence-corrected chi connectivity index (χ0v) is 18.9. The number of halogens is 1. The molecule has 1 fully saturated rings. The molecule has 32 heavy (non-hydrogen) atoms. The molecule has 0 bridgehead atoms. The number of thioether (sulfide) groups is 2. The third-order valence-corrected chi connectivity index (χ3v) is 8.40. The number of nitrogen functional groups attached to an aromatic ring is 1. The predicted molar refractivity (Wildman–Crippen MR) is 117 cm³/mol. The van der Waals surface area contributed by atoms with Crippen LogP contribution in [-0.2, 0) is 25.0 Å². The van der Waals surface area contributed by atoms with Crippen molar-refractivity contribution < 1.29 is 24.7 Å². The van der Waals surface area contributed by atoms with Gasteiger partial charge in [0.1, 0.15) is 21.9 Å². The molecule has 17 heteroatoms. The molecular formula is C15H13ClN8O5S3. The van der Waals surface area contributed by atoms with Gasteiger partial charge >= 0.3 is 5.97 Å². The Bertz CT molecular complexity index is 1150. The number of fused-ring (bicyclic) bond motifs is 1. The normalized spacial score (nSPS) is 22.7. The van der Waals surface area contributed by atoms with Gasteiger partial charge in [0.05, 0.1) is 28.6 Å². The summed E-state index contributed by atoms with van der Waals surface area (Å²) in [6.45, 7) is 0. The van der Waals surface area contributed by atoms with Crippen molar-refractivity contribution in [3.8, 4) is 0 Å². The second-order valence-corrected chi connectivity index (χ2v) is 10.4. The molecule has 2 aliphatic rings. The summed E-state index contributed by atoms with van der Waals surface area (Å²) in [6, 6.07) is 0. The lowest BCUT2D eigenvalue weighted by Gasteiger charge is -2.51. The maximum Gasteiger partial charge on any atom is 0.353 e. The maximum absolute atomic E-state index is 12.5. The van der Waals surface area contributed by atoms with Crippen molar-refractivity contribution in [2.45, 2.75) is 22.4 Å². The average Bonchev–Trinajstić information content (AvgIpc) is 3.35. The Hall–Kier alpha value is -2.82. The van der Waals surface area contributed by atoms with Gasteiger partial charge in [0.2, 0.25) is 5.91 Å². The van der Waals surface area contributed by atoms with Crippen LogP contribution in [0.2, 0.25) is 4.34 Å². The van der Waals surface area contributed by atoms with E-state index in [9.17, 15) is 19.5 Å². The van der Waals surface area contributed by atoms with E-state index in [4.69, 9.17) is 22.5 Å². The highest BCUT2D eigenvalue weighted by atomic mass is 35.5. The zero-order valence-electron chi connectivity index (χ0n) is 15.7. The largest absolute Gasteiger partial charge is 0.477 e. The smallest absolute Gasteiger partial charge is 0.353 e. The van der Waals surface area contributed by atoms with Crippen LogP contribution in [0.25, 0.3) is 0 Å². The Morgan fingerprint density at radius 3 is 2.91 bits per heavy atom. The number of carbonyl (C=O) groups is 3. The number of carboxylic acid groups (broad SMARTS) is 1. The van der Waals surface area contributed by atoms with Gasteiger partial charge in [-0.1, -0.05) is 45.1 Å². The number of nitrogens with two attached hydrogens (primary N) is 1. The van der Waals surface area contributed by atoms with Crippen LogP contribution >= 0.6 is 46.5 Å². The topological polar surface area (TPSA) is 200 Å². The molecule has 4 heterocycles. The molecule has 2 atom stereocenters. The van der Waals surface area contributed by atoms with Gasteiger partial charge in [-0.3, -0.25) is 19.6 Å². The second kappa shape index (κ2) is 8.61. The van der Waals surface area contributed by atoms with Crippen LogP contribution in [0.1, 0.15) is 17.8 Å². The van der Waals surface area contributed by atoms with Crippen molar-refractivity contribution in [1.82, 2.24) is 30.6 Å². The Morgan fingerprint density at radius 1 is 1.56 bits per heavy atom. The second-order valence-electron chi connectivity index (χ2n) is 6.38. The summed E-state index contributed by atoms with van der Waals surface area (Å²) in [5.41, 5.74) is 6.19. The standard InChI is InChI=1S/C15H13ClN8O5S3/c16-12-10(20-14(17)31-12)15(21-6(25)3-19-29)11(30-4-5-2-18-23-22-5)9(13(27)28)24-7(26)1-8(24)32-15/h2-3,8,29H,1,4H2,(H2,17,20)(H,21,25)(H,27,28)(H,18,22,23)/b19-3-/t8-,15?/m1/s1. The minimum atomic E-state index is -1.63. The summed E-state index contributed by atoms with van der Waals surface area (Å²) in [5, 5.41) is 33.7. The number of hydrogen-bond acceptors (Lipinski definition) is 12. The molecule has 2 aromatic rings. The van der Waals surface area contributed by atoms with Crippen molar-refractivity contribution in [2.75, 3.05) is 5.73 Å². The molecule has 168 valence electrons. The molecule has 0 aromatic carbocycles. The van der Waals surface area contributed by atoms with E-state index < -0.39 is 22.1 Å². The molecule has 0 aliphatic carbocycles. The molecule has 1 unspecified atom stereocenters. The van der Waals surface area contributed by atoms with Gasteiger partial charge in [0, 0.05) is 5.75 Å². The van der Waals surface area contributed by atoms with Crippen LogP contribution in [0.15, 0.2) is 22.0 Å². The summed E-state index contributed by atoms with van der Waals surface area (Å²) in [4.78, 5) is 41.0. The van der Waals surface area contributed by atoms with Crippen molar-refractivity contribution in [2.24, 2.45) is 5.16 Å². The Labute approximate surface area is 196 Å². The predicted octanol–water partition coefficient (Wildman–Crippen LogP) is 0.761. The maximum atomic E-state index is 12.5. The first-order valence-corrected chi connectivity index (χ1v) is 11.7. The van der Waals surface area contributed by atoms with Gasteiger partial charge in [0.25, 0.3) is 5.91 Å². The number of amides is 2. The van der Waals surface area contributed by atoms with E-state index >= 15 is 0 Å². The number of thiazole rings is 1. The van der Waals surface area contributed by atoms with E-state index in [1.807, 2.05) is 0 Å². The van der Waals surface area contributed by atoms with Crippen LogP contribution in [0.3, 0.4) is 0 Å². The van der Waals surface area contributed by atoms with Crippen molar-refractivity contribution in [3.63, 3.8) is 0 Å². The highest BCUT2D eigenvalue weighted by molar-refractivity contribution is 8.06. The number of carboxylic acids is 1. The quantitative estimate of drug-likeness (QED) is 0.150. The Balaban J connectivity index is 1.94. The molecule has 0 radical (unpaired) electrons. The molecule has 2 aliphatic heterocycles. The van der Waals surface area contributed by atoms with Gasteiger partial charge in [-0.15, -0.1) is 16.9 Å². The lowest BCUT2D eigenvalue weighted by Crippen LogP contribution is -2.60. The minimum Gasteiger partial charge on any atom is -0.477 e. The monoisotopic (exact) mass is 516 g/mol. The number of aromatic nitrogens is 4. The fraction of sp³-hybridized carbons (Fsp3) is 0.267. The summed E-state index contributed by atoms with van der Waals surface area (Å²) >= 11 is 9.46. The number of aliphatic carboxylic acids is 1. The summed E-state index contributed by atoms with van der Waals surface area (Å²) in [7, 11) is 0. The number of β-lactam (4-membered cyclic amide) rings is 1. The first kappa shape index (κ1) is 22.4. The number of oxime groups is 1. The first-order chi connectivity index (χ1) is 15.3. The molecule has 2 amide bonds. The number of anilines is 1. The molecule has 0 saturated carbocycles. The zero-order chi connectivity index (χ0) is 23.0. The van der Waals surface area contributed by atoms with E-state index in [0.29, 0.717) is 11.9 Å². The minimum absolute atomic E-state index is 0.0484. The SMILES string of the molecule is Nc1nc(C2(NC(=O)/C=N\O)S[C@@H]3CC(=O)N3C(C(=O)O)=C2SCc2cnn[nH]2)c(Cl)s1. The third kappa shape index (κ3) is 3.78. The van der Waals surface area contributed by atoms with E-state index in [1.54, 1.807) is 0 Å². The van der Waals surface area contributed by atoms with Crippen LogP contribution in [0.4, 0.5) is 5.13 Å². The number of H-pyrrole nitrogens is 1. The number of nitrogens with one attached hydrogen (secondary N) is 2. The van der Waals surface area contributed by atoms with Crippen LogP contribution in [0, 0.1) is 0 Å². The summed E-state index contributed by atoms with van der Waals surface area (Å²) < 4.78 is 0.126. The lowest BCUT2D eigenvalue weighted by molar-refractivity contribution is -0.146. The molecule has 1 saturated heterocycles. The highest BCUT2D eigenvalue weighted by Crippen LogP contribution is 2.58. The van der Waals surface area contributed by atoms with Crippen molar-refractivity contribution in [1.29, 1.82) is 0 Å². The lowest BCUT2D eigenvalue weighted by atomic mass is 10.1. The number of hydrogen-bond donors (Lipinski definition) is 5. The summed E-state index contributed by atoms with van der Waals surface area (Å²) in [5.74, 6) is -2.41. The van der Waals surface area contributed by atoms with Crippen LogP contribution in [-0.4, -0.2) is 65.0 Å². The molecule has 13 nitrogen and oxygen atoms in total. The molecule has 0 spiro atoms. The van der Waals surface area contributed by atoms with Crippen LogP contribution in [0.5, 0.6) is 0 Å². The number of nitrogens with zero attached hydrogens (tertiary/aromatic N) is 5. The van der Waals surface area contributed by atoms with Gasteiger partial charge in [-0.05, 0) is 0 Å². The fourth-order valence-corrected chi connectivity index (χ4v) is 7.37. The van der Waals surface area contributed by atoms with E-state index in [0.717, 1.165) is 39.8 Å². The Morgan fingerprint density at radius 2 is 2.34 bits per heavy atom. The first-order valence-electron chi connectivity index (χ1n) is 8.64. The average molecular weight is 517 g/mol. The molecule has 2 aromatic heterocycles. The third-order valence-electron chi connectivity index (χ3n) is 4.44. The van der Waals surface area contributed by atoms with Gasteiger partial charge in [-0.25, -0.2) is 9.78 Å². The van der Waals surface area contributed by atoms with E-state index in [1.165, 1.54) is 6.20 Å². The highest BCUT2D eigenvalue weighted by Gasteiger charge is 2.58. The molecule has 4 rings (SSSR count). The van der Waals surface area contributed by atoms with Crippen LogP contribution < -0.4 is 11.1 Å². The summed E-state index contributed by atoms with van der Waals surface area (Å²) in [6.07, 6.45) is 2.12. The van der Waals surface area contributed by atoms with Gasteiger partial charge in [0.15, 0.2) is 10.0 Å². The van der Waals surface area contributed by atoms with E-state index in [2.05, 4.69) is 30.9 Å². The van der Waals surface area contributed by atoms with Gasteiger partial charge in [-0.2, -0.15) is 0 Å². The fourth-order valence-electron chi connectivity index (χ4n) is 3.20. The van der Waals surface area contributed by atoms with Crippen molar-refractivity contribution >= 4 is 75.6 Å². The number of aromatic amines is 1. The Kier molecular flexibility index (Phi) is 6.02. The molecule has 6 N–H and O–H groups in total. The van der Waals surface area contributed by atoms with Gasteiger partial charge < -0.3 is 21.4 Å².